The van der Waals surface area contributed by atoms with E-state index in [9.17, 15) is 0 Å². The Bertz CT molecular complexity index is 255. The van der Waals surface area contributed by atoms with Gasteiger partial charge in [-0.05, 0) is 43.6 Å². The van der Waals surface area contributed by atoms with Crippen LogP contribution in [0.3, 0.4) is 0 Å². The lowest BCUT2D eigenvalue weighted by molar-refractivity contribution is 0.0858. The third-order valence-corrected chi connectivity index (χ3v) is 4.60. The van der Waals surface area contributed by atoms with Gasteiger partial charge < -0.3 is 10.5 Å². The molecular weight excluding hydrogens is 212 g/mol. The molecule has 17 heavy (non-hydrogen) atoms. The zero-order chi connectivity index (χ0) is 12.5. The Kier molecular flexibility index (Phi) is 4.11. The summed E-state index contributed by atoms with van der Waals surface area (Å²) in [5.41, 5.74) is 6.80. The highest BCUT2D eigenvalue weighted by atomic mass is 16.5. The number of hydrogen-bond acceptors (Lipinski definition) is 3. The minimum absolute atomic E-state index is 0.379. The predicted molar refractivity (Wildman–Crippen MR) is 71.0 cm³/mol. The predicted octanol–water partition coefficient (Wildman–Crippen LogP) is 1.86. The summed E-state index contributed by atoms with van der Waals surface area (Å²) >= 11 is 0. The molecule has 2 N–H and O–H groups in total. The van der Waals surface area contributed by atoms with Crippen molar-refractivity contribution in [1.29, 1.82) is 0 Å². The third kappa shape index (κ3) is 3.21. The summed E-state index contributed by atoms with van der Waals surface area (Å²) in [6.45, 7) is 8.07. The van der Waals surface area contributed by atoms with Crippen LogP contribution in [0.1, 0.15) is 39.5 Å². The van der Waals surface area contributed by atoms with Gasteiger partial charge >= 0.3 is 0 Å². The van der Waals surface area contributed by atoms with E-state index < -0.39 is 0 Å². The fourth-order valence-corrected chi connectivity index (χ4v) is 3.50. The fourth-order valence-electron chi connectivity index (χ4n) is 3.50. The molecule has 0 aromatic carbocycles. The molecule has 3 atom stereocenters. The number of likely N-dealkylation sites (tertiary alicyclic amines) is 1. The molecule has 0 aromatic heterocycles. The average Bonchev–Trinajstić information content (AvgIpc) is 2.71. The second-order valence-corrected chi connectivity index (χ2v) is 6.74. The molecule has 100 valence electrons. The topological polar surface area (TPSA) is 38.5 Å². The maximum Gasteiger partial charge on any atom is 0.0503 e. The number of nitrogens with two attached hydrogens (primary N) is 1. The summed E-state index contributed by atoms with van der Waals surface area (Å²) < 4.78 is 5.27. The zero-order valence-electron chi connectivity index (χ0n) is 11.6. The van der Waals surface area contributed by atoms with Gasteiger partial charge in [-0.2, -0.15) is 0 Å². The molecule has 2 fully saturated rings. The lowest BCUT2D eigenvalue weighted by Crippen LogP contribution is -2.52. The first-order valence-corrected chi connectivity index (χ1v) is 7.00. The molecular formula is C14H28N2O. The van der Waals surface area contributed by atoms with Crippen molar-refractivity contribution in [3.05, 3.63) is 0 Å². The molecule has 2 aliphatic rings. The van der Waals surface area contributed by atoms with Gasteiger partial charge in [-0.15, -0.1) is 0 Å². The van der Waals surface area contributed by atoms with Crippen LogP contribution in [0.4, 0.5) is 0 Å². The highest BCUT2D eigenvalue weighted by molar-refractivity contribution is 4.95. The Morgan fingerprint density at radius 3 is 2.82 bits per heavy atom. The Labute approximate surface area is 106 Å². The Morgan fingerprint density at radius 2 is 2.12 bits per heavy atom. The van der Waals surface area contributed by atoms with E-state index in [0.717, 1.165) is 12.5 Å². The van der Waals surface area contributed by atoms with Gasteiger partial charge in [0.05, 0.1) is 6.61 Å². The summed E-state index contributed by atoms with van der Waals surface area (Å²) in [6.07, 6.45) is 4.99. The molecule has 0 radical (unpaired) electrons. The second kappa shape index (κ2) is 5.25. The van der Waals surface area contributed by atoms with Gasteiger partial charge in [-0.25, -0.2) is 0 Å². The van der Waals surface area contributed by atoms with Crippen molar-refractivity contribution in [3.63, 3.8) is 0 Å². The summed E-state index contributed by atoms with van der Waals surface area (Å²) in [5, 5.41) is 0. The molecule has 3 unspecified atom stereocenters. The monoisotopic (exact) mass is 240 g/mol. The largest absolute Gasteiger partial charge is 0.384 e. The van der Waals surface area contributed by atoms with Crippen molar-refractivity contribution in [3.8, 4) is 0 Å². The summed E-state index contributed by atoms with van der Waals surface area (Å²) in [7, 11) is 1.80. The average molecular weight is 240 g/mol. The van der Waals surface area contributed by atoms with Gasteiger partial charge in [-0.3, -0.25) is 4.90 Å². The molecule has 1 saturated heterocycles. The SMILES string of the molecule is COCC1CCN(C2CC(C)(C)CCC2N)C1. The van der Waals surface area contributed by atoms with Gasteiger partial charge in [0, 0.05) is 25.7 Å². The number of methoxy groups -OCH3 is 1. The molecule has 0 spiro atoms. The maximum absolute atomic E-state index is 6.33. The molecule has 1 saturated carbocycles. The number of nitrogens with zero attached hydrogens (tertiary/aromatic N) is 1. The van der Waals surface area contributed by atoms with Crippen LogP contribution < -0.4 is 5.73 Å². The molecule has 1 aliphatic carbocycles. The van der Waals surface area contributed by atoms with Crippen LogP contribution in [0.2, 0.25) is 0 Å². The van der Waals surface area contributed by atoms with Crippen LogP contribution in [0, 0.1) is 11.3 Å². The fraction of sp³-hybridized carbons (Fsp3) is 1.00. The lowest BCUT2D eigenvalue weighted by Gasteiger charge is -2.43. The second-order valence-electron chi connectivity index (χ2n) is 6.74. The molecule has 1 aliphatic heterocycles. The van der Waals surface area contributed by atoms with Crippen LogP contribution in [0.25, 0.3) is 0 Å². The van der Waals surface area contributed by atoms with Crippen molar-refractivity contribution >= 4 is 0 Å². The highest BCUT2D eigenvalue weighted by Gasteiger charge is 2.38. The molecule has 0 bridgehead atoms. The van der Waals surface area contributed by atoms with Crippen LogP contribution >= 0.6 is 0 Å². The Balaban J connectivity index is 1.92. The van der Waals surface area contributed by atoms with Gasteiger partial charge in [0.2, 0.25) is 0 Å². The van der Waals surface area contributed by atoms with E-state index in [0.29, 0.717) is 17.5 Å². The molecule has 1 heterocycles. The van der Waals surface area contributed by atoms with Crippen molar-refractivity contribution in [2.75, 3.05) is 26.8 Å². The quantitative estimate of drug-likeness (QED) is 0.818. The first-order valence-electron chi connectivity index (χ1n) is 7.00. The van der Waals surface area contributed by atoms with Crippen molar-refractivity contribution < 1.29 is 4.74 Å². The number of ether oxygens (including phenoxy) is 1. The summed E-state index contributed by atoms with van der Waals surface area (Å²) in [5.74, 6) is 0.720. The van der Waals surface area contributed by atoms with E-state index in [4.69, 9.17) is 10.5 Å². The zero-order valence-corrected chi connectivity index (χ0v) is 11.6. The van der Waals surface area contributed by atoms with E-state index in [1.54, 1.807) is 7.11 Å². The molecule has 3 heteroatoms. The summed E-state index contributed by atoms with van der Waals surface area (Å²) in [4.78, 5) is 2.62. The van der Waals surface area contributed by atoms with Gasteiger partial charge in [0.25, 0.3) is 0 Å². The van der Waals surface area contributed by atoms with Gasteiger partial charge in [0.1, 0.15) is 0 Å². The molecule has 2 rings (SSSR count). The summed E-state index contributed by atoms with van der Waals surface area (Å²) in [6, 6.07) is 0.977. The van der Waals surface area contributed by atoms with E-state index >= 15 is 0 Å². The minimum atomic E-state index is 0.379. The smallest absolute Gasteiger partial charge is 0.0503 e. The first-order chi connectivity index (χ1) is 8.02. The maximum atomic E-state index is 6.33. The number of rotatable bonds is 3. The Hall–Kier alpha value is -0.120. The highest BCUT2D eigenvalue weighted by Crippen LogP contribution is 2.38. The van der Waals surface area contributed by atoms with E-state index in [1.807, 2.05) is 0 Å². The van der Waals surface area contributed by atoms with Gasteiger partial charge in [0.15, 0.2) is 0 Å². The standard InChI is InChI=1S/C14H28N2O/c1-14(2)6-4-12(15)13(8-14)16-7-5-11(9-16)10-17-3/h11-13H,4-10,15H2,1-3H3. The van der Waals surface area contributed by atoms with E-state index in [2.05, 4.69) is 18.7 Å². The molecule has 3 nitrogen and oxygen atoms in total. The van der Waals surface area contributed by atoms with E-state index in [1.165, 1.54) is 38.8 Å². The van der Waals surface area contributed by atoms with Crippen LogP contribution in [0.15, 0.2) is 0 Å². The first kappa shape index (κ1) is 13.3. The Morgan fingerprint density at radius 1 is 1.35 bits per heavy atom. The number of hydrogen-bond donors (Lipinski definition) is 1. The van der Waals surface area contributed by atoms with E-state index in [-0.39, 0.29) is 0 Å². The normalized spacial score (nSPS) is 38.5. The van der Waals surface area contributed by atoms with Crippen LogP contribution in [0.5, 0.6) is 0 Å². The van der Waals surface area contributed by atoms with Crippen molar-refractivity contribution in [2.24, 2.45) is 17.1 Å². The third-order valence-electron chi connectivity index (χ3n) is 4.60. The van der Waals surface area contributed by atoms with Crippen LogP contribution in [-0.4, -0.2) is 43.8 Å². The molecule has 0 amide bonds. The molecule has 0 aromatic rings. The minimum Gasteiger partial charge on any atom is -0.384 e. The lowest BCUT2D eigenvalue weighted by atomic mass is 9.72. The van der Waals surface area contributed by atoms with Crippen molar-refractivity contribution in [1.82, 2.24) is 4.90 Å². The van der Waals surface area contributed by atoms with Crippen molar-refractivity contribution in [2.45, 2.75) is 51.6 Å². The van der Waals surface area contributed by atoms with Crippen LogP contribution in [-0.2, 0) is 4.74 Å². The van der Waals surface area contributed by atoms with Gasteiger partial charge in [-0.1, -0.05) is 13.8 Å².